The van der Waals surface area contributed by atoms with Gasteiger partial charge in [0.2, 0.25) is 5.91 Å². The number of benzene rings is 1. The summed E-state index contributed by atoms with van der Waals surface area (Å²) in [5, 5.41) is 10.8. The number of guanidine groups is 1. The molecule has 0 radical (unpaired) electrons. The predicted octanol–water partition coefficient (Wildman–Crippen LogP) is 1.28. The SMILES string of the molecule is CCNC(=NCc1cnn(C)c1)NC1CC(=O)N(c2ccccc2)C1. The molecule has 132 valence electrons. The second kappa shape index (κ2) is 7.83. The van der Waals surface area contributed by atoms with Crippen LogP contribution in [-0.2, 0) is 18.4 Å². The second-order valence-corrected chi connectivity index (χ2v) is 6.10. The van der Waals surface area contributed by atoms with Crippen LogP contribution in [0.1, 0.15) is 18.9 Å². The standard InChI is InChI=1S/C18H24N6O/c1-3-19-18(20-10-14-11-21-23(2)12-14)22-15-9-17(25)24(13-15)16-7-5-4-6-8-16/h4-8,11-12,15H,3,9-10,13H2,1-2H3,(H2,19,20,22). The molecule has 1 saturated heterocycles. The Morgan fingerprint density at radius 3 is 2.84 bits per heavy atom. The van der Waals surface area contributed by atoms with E-state index in [1.165, 1.54) is 0 Å². The van der Waals surface area contributed by atoms with Gasteiger partial charge in [-0.3, -0.25) is 9.48 Å². The van der Waals surface area contributed by atoms with Gasteiger partial charge in [0.1, 0.15) is 0 Å². The molecular weight excluding hydrogens is 316 g/mol. The summed E-state index contributed by atoms with van der Waals surface area (Å²) < 4.78 is 1.76. The van der Waals surface area contributed by atoms with Crippen molar-refractivity contribution in [1.82, 2.24) is 20.4 Å². The summed E-state index contributed by atoms with van der Waals surface area (Å²) in [6.07, 6.45) is 4.22. The first-order valence-electron chi connectivity index (χ1n) is 8.53. The third-order valence-electron chi connectivity index (χ3n) is 4.06. The second-order valence-electron chi connectivity index (χ2n) is 6.10. The third-order valence-corrected chi connectivity index (χ3v) is 4.06. The minimum Gasteiger partial charge on any atom is -0.357 e. The fraction of sp³-hybridized carbons (Fsp3) is 0.389. The van der Waals surface area contributed by atoms with Crippen LogP contribution in [0.5, 0.6) is 0 Å². The summed E-state index contributed by atoms with van der Waals surface area (Å²) in [6.45, 7) is 3.98. The van der Waals surface area contributed by atoms with Crippen LogP contribution in [0.15, 0.2) is 47.7 Å². The topological polar surface area (TPSA) is 74.5 Å². The van der Waals surface area contributed by atoms with E-state index in [0.717, 1.165) is 23.8 Å². The van der Waals surface area contributed by atoms with E-state index in [4.69, 9.17) is 0 Å². The van der Waals surface area contributed by atoms with Crippen molar-refractivity contribution in [1.29, 1.82) is 0 Å². The van der Waals surface area contributed by atoms with Crippen LogP contribution in [0, 0.1) is 0 Å². The lowest BCUT2D eigenvalue weighted by molar-refractivity contribution is -0.117. The van der Waals surface area contributed by atoms with Gasteiger partial charge in [-0.1, -0.05) is 18.2 Å². The first-order chi connectivity index (χ1) is 12.2. The number of anilines is 1. The number of carbonyl (C=O) groups is 1. The summed E-state index contributed by atoms with van der Waals surface area (Å²) >= 11 is 0. The summed E-state index contributed by atoms with van der Waals surface area (Å²) in [5.74, 6) is 0.853. The van der Waals surface area contributed by atoms with E-state index in [-0.39, 0.29) is 11.9 Å². The van der Waals surface area contributed by atoms with Gasteiger partial charge in [-0.05, 0) is 19.1 Å². The highest BCUT2D eigenvalue weighted by molar-refractivity contribution is 5.97. The number of amides is 1. The van der Waals surface area contributed by atoms with Gasteiger partial charge >= 0.3 is 0 Å². The van der Waals surface area contributed by atoms with Crippen LogP contribution in [-0.4, -0.2) is 40.8 Å². The molecule has 1 fully saturated rings. The number of aryl methyl sites for hydroxylation is 1. The average Bonchev–Trinajstić information content (AvgIpc) is 3.19. The largest absolute Gasteiger partial charge is 0.357 e. The highest BCUT2D eigenvalue weighted by Gasteiger charge is 2.30. The lowest BCUT2D eigenvalue weighted by Gasteiger charge is -2.18. The van der Waals surface area contributed by atoms with Gasteiger partial charge in [0.05, 0.1) is 18.8 Å². The first-order valence-corrected chi connectivity index (χ1v) is 8.53. The summed E-state index contributed by atoms with van der Waals surface area (Å²) in [4.78, 5) is 18.7. The third kappa shape index (κ3) is 4.37. The smallest absolute Gasteiger partial charge is 0.229 e. The minimum atomic E-state index is 0.0411. The zero-order valence-electron chi connectivity index (χ0n) is 14.6. The lowest BCUT2D eigenvalue weighted by atomic mass is 10.2. The van der Waals surface area contributed by atoms with Crippen molar-refractivity contribution in [2.45, 2.75) is 25.9 Å². The highest BCUT2D eigenvalue weighted by Crippen LogP contribution is 2.20. The van der Waals surface area contributed by atoms with Crippen LogP contribution < -0.4 is 15.5 Å². The molecule has 1 aromatic heterocycles. The number of nitrogens with zero attached hydrogens (tertiary/aromatic N) is 4. The van der Waals surface area contributed by atoms with Crippen LogP contribution in [0.2, 0.25) is 0 Å². The first kappa shape index (κ1) is 17.0. The number of carbonyl (C=O) groups excluding carboxylic acids is 1. The van der Waals surface area contributed by atoms with Crippen LogP contribution >= 0.6 is 0 Å². The van der Waals surface area contributed by atoms with E-state index in [0.29, 0.717) is 19.5 Å². The Labute approximate surface area is 147 Å². The highest BCUT2D eigenvalue weighted by atomic mass is 16.2. The number of aromatic nitrogens is 2. The molecule has 1 amide bonds. The molecule has 7 heteroatoms. The molecule has 2 N–H and O–H groups in total. The lowest BCUT2D eigenvalue weighted by Crippen LogP contribution is -2.44. The summed E-state index contributed by atoms with van der Waals surface area (Å²) in [6, 6.07) is 9.81. The van der Waals surface area contributed by atoms with Crippen molar-refractivity contribution < 1.29 is 4.79 Å². The molecule has 3 rings (SSSR count). The van der Waals surface area contributed by atoms with Gasteiger partial charge < -0.3 is 15.5 Å². The van der Waals surface area contributed by atoms with Crippen LogP contribution in [0.25, 0.3) is 0 Å². The van der Waals surface area contributed by atoms with Crippen molar-refractivity contribution in [3.8, 4) is 0 Å². The molecular formula is C18H24N6O. The Morgan fingerprint density at radius 1 is 1.36 bits per heavy atom. The molecule has 1 aromatic carbocycles. The number of nitrogens with one attached hydrogen (secondary N) is 2. The predicted molar refractivity (Wildman–Crippen MR) is 98.4 cm³/mol. The fourth-order valence-corrected chi connectivity index (χ4v) is 2.90. The Balaban J connectivity index is 1.63. The summed E-state index contributed by atoms with van der Waals surface area (Å²) in [7, 11) is 1.89. The monoisotopic (exact) mass is 340 g/mol. The zero-order valence-corrected chi connectivity index (χ0v) is 14.6. The molecule has 0 bridgehead atoms. The molecule has 7 nitrogen and oxygen atoms in total. The molecule has 0 saturated carbocycles. The molecule has 1 unspecified atom stereocenters. The normalized spacial score (nSPS) is 17.8. The quantitative estimate of drug-likeness (QED) is 0.635. The van der Waals surface area contributed by atoms with Gasteiger partial charge in [0.15, 0.2) is 5.96 Å². The van der Waals surface area contributed by atoms with E-state index >= 15 is 0 Å². The summed E-state index contributed by atoms with van der Waals surface area (Å²) in [5.41, 5.74) is 1.99. The molecule has 25 heavy (non-hydrogen) atoms. The molecule has 0 spiro atoms. The Hall–Kier alpha value is -2.83. The Bertz CT molecular complexity index is 739. The number of para-hydroxylation sites is 1. The van der Waals surface area contributed by atoms with Crippen molar-refractivity contribution >= 4 is 17.6 Å². The van der Waals surface area contributed by atoms with E-state index in [9.17, 15) is 4.79 Å². The average molecular weight is 340 g/mol. The van der Waals surface area contributed by atoms with Crippen LogP contribution in [0.4, 0.5) is 5.69 Å². The maximum absolute atomic E-state index is 12.3. The maximum Gasteiger partial charge on any atom is 0.229 e. The molecule has 0 aliphatic carbocycles. The number of hydrogen-bond acceptors (Lipinski definition) is 3. The van der Waals surface area contributed by atoms with Gasteiger partial charge in [-0.2, -0.15) is 5.10 Å². The van der Waals surface area contributed by atoms with Gasteiger partial charge in [0.25, 0.3) is 0 Å². The number of aliphatic imine (C=N–C) groups is 1. The fourth-order valence-electron chi connectivity index (χ4n) is 2.90. The Morgan fingerprint density at radius 2 is 2.16 bits per heavy atom. The molecule has 1 atom stereocenters. The Kier molecular flexibility index (Phi) is 5.33. The number of rotatable bonds is 5. The van der Waals surface area contributed by atoms with Crippen molar-refractivity contribution in [2.24, 2.45) is 12.0 Å². The van der Waals surface area contributed by atoms with E-state index < -0.39 is 0 Å². The van der Waals surface area contributed by atoms with E-state index in [1.54, 1.807) is 4.68 Å². The molecule has 1 aliphatic heterocycles. The number of hydrogen-bond donors (Lipinski definition) is 2. The van der Waals surface area contributed by atoms with E-state index in [2.05, 4.69) is 20.7 Å². The molecule has 2 heterocycles. The molecule has 2 aromatic rings. The van der Waals surface area contributed by atoms with Gasteiger partial charge in [-0.25, -0.2) is 4.99 Å². The van der Waals surface area contributed by atoms with Crippen molar-refractivity contribution in [3.05, 3.63) is 48.3 Å². The van der Waals surface area contributed by atoms with Crippen molar-refractivity contribution in [3.63, 3.8) is 0 Å². The zero-order chi connectivity index (χ0) is 17.6. The maximum atomic E-state index is 12.3. The molecule has 1 aliphatic rings. The van der Waals surface area contributed by atoms with Crippen LogP contribution in [0.3, 0.4) is 0 Å². The van der Waals surface area contributed by atoms with Gasteiger partial charge in [0, 0.05) is 44.0 Å². The van der Waals surface area contributed by atoms with Gasteiger partial charge in [-0.15, -0.1) is 0 Å². The van der Waals surface area contributed by atoms with E-state index in [1.807, 2.05) is 61.6 Å². The van der Waals surface area contributed by atoms with Crippen molar-refractivity contribution in [2.75, 3.05) is 18.0 Å². The minimum absolute atomic E-state index is 0.0411.